The molecule has 0 aliphatic heterocycles. The maximum atomic E-state index is 12.5. The van der Waals surface area contributed by atoms with Crippen LogP contribution in [0.5, 0.6) is 5.75 Å². The van der Waals surface area contributed by atoms with Crippen molar-refractivity contribution in [2.75, 3.05) is 31.4 Å². The van der Waals surface area contributed by atoms with Gasteiger partial charge in [0.25, 0.3) is 5.56 Å². The summed E-state index contributed by atoms with van der Waals surface area (Å²) in [4.78, 5) is 26.1. The van der Waals surface area contributed by atoms with E-state index in [9.17, 15) is 9.59 Å². The molecule has 31 heavy (non-hydrogen) atoms. The molecule has 3 rings (SSSR count). The van der Waals surface area contributed by atoms with Gasteiger partial charge in [-0.15, -0.1) is 0 Å². The molecule has 1 N–H and O–H groups in total. The van der Waals surface area contributed by atoms with Crippen LogP contribution in [0.3, 0.4) is 0 Å². The minimum absolute atomic E-state index is 0.0680. The molecule has 6 nitrogen and oxygen atoms in total. The van der Waals surface area contributed by atoms with E-state index in [-0.39, 0.29) is 11.5 Å². The number of hydrogen-bond acceptors (Lipinski definition) is 4. The number of carbonyl (C=O) groups is 1. The second kappa shape index (κ2) is 9.34. The van der Waals surface area contributed by atoms with Crippen LogP contribution in [0.15, 0.2) is 72.2 Å². The third kappa shape index (κ3) is 5.04. The lowest BCUT2D eigenvalue weighted by Gasteiger charge is -2.18. The number of pyridine rings is 1. The van der Waals surface area contributed by atoms with Gasteiger partial charge in [0.2, 0.25) is 5.91 Å². The molecule has 3 aromatic rings. The van der Waals surface area contributed by atoms with Crippen LogP contribution in [0.4, 0.5) is 11.4 Å². The zero-order chi connectivity index (χ0) is 22.5. The summed E-state index contributed by atoms with van der Waals surface area (Å²) in [6.07, 6.45) is 3.75. The maximum absolute atomic E-state index is 12.5. The van der Waals surface area contributed by atoms with Crippen molar-refractivity contribution in [1.82, 2.24) is 4.57 Å². The van der Waals surface area contributed by atoms with Crippen LogP contribution in [0.25, 0.3) is 11.1 Å². The van der Waals surface area contributed by atoms with Gasteiger partial charge in [0.15, 0.2) is 0 Å². The number of aromatic nitrogens is 1. The summed E-state index contributed by atoms with van der Waals surface area (Å²) in [6.45, 7) is 3.51. The molecule has 0 saturated carbocycles. The van der Waals surface area contributed by atoms with Gasteiger partial charge in [0, 0.05) is 38.6 Å². The number of ether oxygens (including phenoxy) is 1. The highest BCUT2D eigenvalue weighted by atomic mass is 16.5. The summed E-state index contributed by atoms with van der Waals surface area (Å²) in [5, 5.41) is 2.82. The van der Waals surface area contributed by atoms with E-state index in [0.717, 1.165) is 28.0 Å². The van der Waals surface area contributed by atoms with Gasteiger partial charge in [0.1, 0.15) is 11.4 Å². The van der Waals surface area contributed by atoms with Crippen molar-refractivity contribution >= 4 is 17.3 Å². The predicted octanol–water partition coefficient (Wildman–Crippen LogP) is 3.84. The summed E-state index contributed by atoms with van der Waals surface area (Å²) in [5.74, 6) is 0.531. The normalized spacial score (nSPS) is 10.5. The second-order valence-electron chi connectivity index (χ2n) is 7.51. The van der Waals surface area contributed by atoms with Crippen molar-refractivity contribution in [3.05, 3.63) is 88.9 Å². The molecule has 6 heteroatoms. The summed E-state index contributed by atoms with van der Waals surface area (Å²) in [6, 6.07) is 15.6. The Bertz CT molecular complexity index is 1160. The van der Waals surface area contributed by atoms with Gasteiger partial charge < -0.3 is 19.5 Å². The Labute approximate surface area is 182 Å². The van der Waals surface area contributed by atoms with Gasteiger partial charge in [-0.25, -0.2) is 0 Å². The van der Waals surface area contributed by atoms with Crippen molar-refractivity contribution < 1.29 is 9.53 Å². The van der Waals surface area contributed by atoms with E-state index in [1.165, 1.54) is 6.08 Å². The lowest BCUT2D eigenvalue weighted by Crippen LogP contribution is -2.25. The molecule has 1 amide bonds. The molecule has 0 atom stereocenters. The molecule has 0 unspecified atom stereocenters. The summed E-state index contributed by atoms with van der Waals surface area (Å²) in [5.41, 5.74) is 5.23. The van der Waals surface area contributed by atoms with Crippen molar-refractivity contribution in [2.45, 2.75) is 6.42 Å². The number of nitrogens with one attached hydrogen (secondary N) is 1. The third-order valence-corrected chi connectivity index (χ3v) is 5.07. The minimum Gasteiger partial charge on any atom is -0.497 e. The Morgan fingerprint density at radius 3 is 2.48 bits per heavy atom. The van der Waals surface area contributed by atoms with E-state index in [2.05, 4.69) is 11.9 Å². The molecular formula is C25H27N3O3. The summed E-state index contributed by atoms with van der Waals surface area (Å²) < 4.78 is 6.83. The Kier molecular flexibility index (Phi) is 6.60. The maximum Gasteiger partial charge on any atom is 0.273 e. The molecule has 0 spiro atoms. The fraction of sp³-hybridized carbons (Fsp3) is 0.200. The molecule has 160 valence electrons. The molecule has 0 bridgehead atoms. The zero-order valence-corrected chi connectivity index (χ0v) is 18.3. The second-order valence-corrected chi connectivity index (χ2v) is 7.51. The molecule has 0 saturated heterocycles. The number of hydrogen-bond donors (Lipinski definition) is 1. The molecule has 0 radical (unpaired) electrons. The zero-order valence-electron chi connectivity index (χ0n) is 18.3. The molecular weight excluding hydrogens is 390 g/mol. The average Bonchev–Trinajstić information content (AvgIpc) is 2.76. The predicted molar refractivity (Wildman–Crippen MR) is 126 cm³/mol. The van der Waals surface area contributed by atoms with Crippen molar-refractivity contribution in [3.8, 4) is 16.9 Å². The van der Waals surface area contributed by atoms with Gasteiger partial charge in [-0.2, -0.15) is 0 Å². The Balaban J connectivity index is 2.12. The topological polar surface area (TPSA) is 63.6 Å². The lowest BCUT2D eigenvalue weighted by molar-refractivity contribution is -0.111. The monoisotopic (exact) mass is 417 g/mol. The lowest BCUT2D eigenvalue weighted by atomic mass is 9.94. The average molecular weight is 418 g/mol. The van der Waals surface area contributed by atoms with Gasteiger partial charge in [-0.1, -0.05) is 24.8 Å². The number of amides is 1. The first-order valence-electron chi connectivity index (χ1n) is 9.90. The van der Waals surface area contributed by atoms with E-state index in [1.54, 1.807) is 23.6 Å². The first kappa shape index (κ1) is 21.9. The number of aryl methyl sites for hydroxylation is 1. The third-order valence-electron chi connectivity index (χ3n) is 5.07. The van der Waals surface area contributed by atoms with Gasteiger partial charge in [0.05, 0.1) is 7.11 Å². The van der Waals surface area contributed by atoms with Crippen LogP contribution in [0.2, 0.25) is 0 Å². The fourth-order valence-electron chi connectivity index (χ4n) is 3.40. The van der Waals surface area contributed by atoms with E-state index < -0.39 is 0 Å². The number of nitrogens with zero attached hydrogens (tertiary/aromatic N) is 2. The number of carbonyl (C=O) groups excluding carboxylic acids is 1. The standard InChI is InChI=1S/C25H27N3O3/c1-6-24(29)26-20-10-9-18(13-17-7-11-21(31-5)12-8-17)22(15-20)19-14-23(27(2)3)25(30)28(4)16-19/h6-12,14-16H,1,13H2,2-5H3,(H,26,29). The van der Waals surface area contributed by atoms with Crippen LogP contribution in [0.1, 0.15) is 11.1 Å². The van der Waals surface area contributed by atoms with Crippen LogP contribution in [-0.4, -0.2) is 31.7 Å². The first-order valence-corrected chi connectivity index (χ1v) is 9.90. The summed E-state index contributed by atoms with van der Waals surface area (Å²) in [7, 11) is 7.08. The van der Waals surface area contributed by atoms with Gasteiger partial charge in [-0.3, -0.25) is 9.59 Å². The summed E-state index contributed by atoms with van der Waals surface area (Å²) >= 11 is 0. The molecule has 0 aliphatic carbocycles. The van der Waals surface area contributed by atoms with E-state index in [4.69, 9.17) is 4.74 Å². The quantitative estimate of drug-likeness (QED) is 0.594. The Hall–Kier alpha value is -3.80. The van der Waals surface area contributed by atoms with Crippen molar-refractivity contribution in [3.63, 3.8) is 0 Å². The van der Waals surface area contributed by atoms with Crippen LogP contribution in [0, 0.1) is 0 Å². The van der Waals surface area contributed by atoms with Crippen LogP contribution in [-0.2, 0) is 18.3 Å². The van der Waals surface area contributed by atoms with E-state index in [1.807, 2.05) is 68.8 Å². The highest BCUT2D eigenvalue weighted by Gasteiger charge is 2.13. The Morgan fingerprint density at radius 2 is 1.87 bits per heavy atom. The van der Waals surface area contributed by atoms with Crippen LogP contribution >= 0.6 is 0 Å². The SMILES string of the molecule is C=CC(=O)Nc1ccc(Cc2ccc(OC)cc2)c(-c2cc(N(C)C)c(=O)n(C)c2)c1. The molecule has 2 aromatic carbocycles. The Morgan fingerprint density at radius 1 is 1.16 bits per heavy atom. The number of methoxy groups -OCH3 is 1. The van der Waals surface area contributed by atoms with Crippen molar-refractivity contribution in [2.24, 2.45) is 7.05 Å². The van der Waals surface area contributed by atoms with Gasteiger partial charge in [-0.05, 0) is 59.5 Å². The highest BCUT2D eigenvalue weighted by Crippen LogP contribution is 2.30. The molecule has 0 aliphatic rings. The fourth-order valence-corrected chi connectivity index (χ4v) is 3.40. The largest absolute Gasteiger partial charge is 0.497 e. The number of rotatable bonds is 7. The number of benzene rings is 2. The molecule has 1 aromatic heterocycles. The first-order chi connectivity index (χ1) is 14.8. The minimum atomic E-state index is -0.275. The highest BCUT2D eigenvalue weighted by molar-refractivity contribution is 5.99. The smallest absolute Gasteiger partial charge is 0.273 e. The van der Waals surface area contributed by atoms with Crippen LogP contribution < -0.4 is 20.5 Å². The molecule has 0 fully saturated rings. The van der Waals surface area contributed by atoms with E-state index >= 15 is 0 Å². The van der Waals surface area contributed by atoms with E-state index in [0.29, 0.717) is 17.8 Å². The van der Waals surface area contributed by atoms with Gasteiger partial charge >= 0.3 is 0 Å². The molecule has 1 heterocycles. The number of anilines is 2. The van der Waals surface area contributed by atoms with Crippen molar-refractivity contribution in [1.29, 1.82) is 0 Å².